The molecule has 144 valence electrons. The number of esters is 1. The lowest BCUT2D eigenvalue weighted by Crippen LogP contribution is -2.53. The van der Waals surface area contributed by atoms with Crippen molar-refractivity contribution in [1.29, 1.82) is 0 Å². The van der Waals surface area contributed by atoms with Gasteiger partial charge in [-0.05, 0) is 19.8 Å². The number of rotatable bonds is 8. The molecule has 3 unspecified atom stereocenters. The molecule has 0 bridgehead atoms. The first-order valence-electron chi connectivity index (χ1n) is 8.18. The fourth-order valence-electron chi connectivity index (χ4n) is 3.05. The van der Waals surface area contributed by atoms with Crippen molar-refractivity contribution >= 4 is 27.9 Å². The maximum atomic E-state index is 13.1. The Balaban J connectivity index is 3.12. The van der Waals surface area contributed by atoms with Crippen LogP contribution in [0.2, 0.25) is 0 Å². The lowest BCUT2D eigenvalue weighted by atomic mass is 9.89. The van der Waals surface area contributed by atoms with Crippen LogP contribution in [0.4, 0.5) is 0 Å². The largest absolute Gasteiger partial charge is 0.480 e. The second kappa shape index (κ2) is 9.14. The van der Waals surface area contributed by atoms with E-state index in [1.807, 2.05) is 0 Å². The van der Waals surface area contributed by atoms with E-state index in [1.165, 1.54) is 21.0 Å². The lowest BCUT2D eigenvalue weighted by Gasteiger charge is -2.35. The smallest absolute Gasteiger partial charge is 0.321 e. The third-order valence-electron chi connectivity index (χ3n) is 4.41. The number of sulfonamides is 1. The van der Waals surface area contributed by atoms with E-state index in [9.17, 15) is 27.9 Å². The molecule has 1 rings (SSSR count). The minimum absolute atomic E-state index is 0.0121. The number of nitrogens with one attached hydrogen (secondary N) is 1. The third kappa shape index (κ3) is 5.40. The normalized spacial score (nSPS) is 22.2. The van der Waals surface area contributed by atoms with Gasteiger partial charge < -0.3 is 15.2 Å². The molecule has 25 heavy (non-hydrogen) atoms. The average Bonchev–Trinajstić information content (AvgIpc) is 2.56. The minimum atomic E-state index is -4.07. The van der Waals surface area contributed by atoms with Gasteiger partial charge >= 0.3 is 11.9 Å². The quantitative estimate of drug-likeness (QED) is 0.567. The van der Waals surface area contributed by atoms with Crippen molar-refractivity contribution in [2.45, 2.75) is 50.8 Å². The molecule has 1 saturated carbocycles. The second-order valence-corrected chi connectivity index (χ2v) is 8.21. The van der Waals surface area contributed by atoms with E-state index in [0.29, 0.717) is 19.3 Å². The topological polar surface area (TPSA) is 130 Å². The van der Waals surface area contributed by atoms with Crippen LogP contribution in [0.1, 0.15) is 39.5 Å². The number of carboxylic acids is 1. The first-order chi connectivity index (χ1) is 11.6. The van der Waals surface area contributed by atoms with Gasteiger partial charge in [-0.25, -0.2) is 8.42 Å². The number of carbonyl (C=O) groups excluding carboxylic acids is 2. The van der Waals surface area contributed by atoms with Crippen molar-refractivity contribution in [3.63, 3.8) is 0 Å². The van der Waals surface area contributed by atoms with Gasteiger partial charge in [0, 0.05) is 20.0 Å². The molecule has 10 heteroatoms. The molecule has 1 fully saturated rings. The number of hydrogen-bond donors (Lipinski definition) is 2. The Morgan fingerprint density at radius 3 is 2.40 bits per heavy atom. The van der Waals surface area contributed by atoms with Crippen LogP contribution >= 0.6 is 0 Å². The van der Waals surface area contributed by atoms with E-state index < -0.39 is 39.2 Å². The van der Waals surface area contributed by atoms with Crippen molar-refractivity contribution in [2.24, 2.45) is 5.92 Å². The van der Waals surface area contributed by atoms with E-state index in [-0.39, 0.29) is 25.4 Å². The highest BCUT2D eigenvalue weighted by Crippen LogP contribution is 2.33. The summed E-state index contributed by atoms with van der Waals surface area (Å²) in [5, 5.41) is 10.7. The van der Waals surface area contributed by atoms with Gasteiger partial charge in [0.1, 0.15) is 6.04 Å². The Morgan fingerprint density at radius 2 is 1.88 bits per heavy atom. The van der Waals surface area contributed by atoms with Crippen molar-refractivity contribution < 1.29 is 32.6 Å². The summed E-state index contributed by atoms with van der Waals surface area (Å²) in [5.74, 6) is -3.05. The van der Waals surface area contributed by atoms with Gasteiger partial charge in [-0.2, -0.15) is 4.31 Å². The van der Waals surface area contributed by atoms with Crippen LogP contribution < -0.4 is 5.32 Å². The molecule has 0 aromatic carbocycles. The predicted molar refractivity (Wildman–Crippen MR) is 89.2 cm³/mol. The second-order valence-electron chi connectivity index (χ2n) is 6.11. The molecule has 0 heterocycles. The number of ether oxygens (including phenoxy) is 1. The maximum absolute atomic E-state index is 13.1. The molecule has 3 atom stereocenters. The molecule has 2 N–H and O–H groups in total. The molecular weight excluding hydrogens is 352 g/mol. The van der Waals surface area contributed by atoms with Crippen LogP contribution in [-0.4, -0.2) is 67.2 Å². The van der Waals surface area contributed by atoms with E-state index >= 15 is 0 Å². The molecule has 9 nitrogen and oxygen atoms in total. The number of amides is 1. The molecular formula is C15H26N2O7S. The van der Waals surface area contributed by atoms with Crippen LogP contribution in [0.5, 0.6) is 0 Å². The van der Waals surface area contributed by atoms with E-state index in [4.69, 9.17) is 4.74 Å². The zero-order chi connectivity index (χ0) is 19.2. The van der Waals surface area contributed by atoms with Crippen LogP contribution in [0.15, 0.2) is 0 Å². The molecule has 0 aromatic rings. The summed E-state index contributed by atoms with van der Waals surface area (Å²) >= 11 is 0. The molecule has 1 aliphatic carbocycles. The number of nitrogens with zero attached hydrogens (tertiary/aromatic N) is 1. The van der Waals surface area contributed by atoms with E-state index in [0.717, 1.165) is 4.31 Å². The highest BCUT2D eigenvalue weighted by molar-refractivity contribution is 7.89. The Bertz CT molecular complexity index is 605. The van der Waals surface area contributed by atoms with Crippen LogP contribution in [0.3, 0.4) is 0 Å². The number of carboxylic acid groups (broad SMARTS) is 1. The van der Waals surface area contributed by atoms with E-state index in [2.05, 4.69) is 5.32 Å². The van der Waals surface area contributed by atoms with Crippen molar-refractivity contribution in [3.8, 4) is 0 Å². The molecule has 0 radical (unpaired) electrons. The number of hydrogen-bond acceptors (Lipinski definition) is 6. The molecule has 1 aliphatic rings. The number of aliphatic carboxylic acids is 1. The van der Waals surface area contributed by atoms with Gasteiger partial charge in [0.15, 0.2) is 0 Å². The Labute approximate surface area is 147 Å². The monoisotopic (exact) mass is 378 g/mol. The SMILES string of the molecule is COC(=O)C1CCCCC1S(=O)(=O)N(CCNC(C)=O)C(C)C(=O)O. The van der Waals surface area contributed by atoms with Crippen molar-refractivity contribution in [1.82, 2.24) is 9.62 Å². The summed E-state index contributed by atoms with van der Waals surface area (Å²) in [6.45, 7) is 2.36. The van der Waals surface area contributed by atoms with Gasteiger partial charge in [0.05, 0.1) is 18.3 Å². The van der Waals surface area contributed by atoms with Crippen LogP contribution in [0, 0.1) is 5.92 Å². The zero-order valence-electron chi connectivity index (χ0n) is 14.7. The van der Waals surface area contributed by atoms with Crippen molar-refractivity contribution in [3.05, 3.63) is 0 Å². The van der Waals surface area contributed by atoms with Gasteiger partial charge in [0.2, 0.25) is 15.9 Å². The molecule has 0 saturated heterocycles. The summed E-state index contributed by atoms with van der Waals surface area (Å²) in [6.07, 6.45) is 2.01. The van der Waals surface area contributed by atoms with Gasteiger partial charge in [-0.3, -0.25) is 14.4 Å². The number of methoxy groups -OCH3 is 1. The highest BCUT2D eigenvalue weighted by atomic mass is 32.2. The van der Waals surface area contributed by atoms with Crippen LogP contribution in [-0.2, 0) is 29.1 Å². The fourth-order valence-corrected chi connectivity index (χ4v) is 5.41. The summed E-state index contributed by atoms with van der Waals surface area (Å²) in [4.78, 5) is 34.3. The van der Waals surface area contributed by atoms with Gasteiger partial charge in [0.25, 0.3) is 0 Å². The van der Waals surface area contributed by atoms with Crippen molar-refractivity contribution in [2.75, 3.05) is 20.2 Å². The zero-order valence-corrected chi connectivity index (χ0v) is 15.5. The summed E-state index contributed by atoms with van der Waals surface area (Å²) in [6, 6.07) is -1.31. The molecule has 0 spiro atoms. The Hall–Kier alpha value is -1.68. The lowest BCUT2D eigenvalue weighted by molar-refractivity contribution is -0.146. The van der Waals surface area contributed by atoms with E-state index in [1.54, 1.807) is 0 Å². The maximum Gasteiger partial charge on any atom is 0.321 e. The van der Waals surface area contributed by atoms with Gasteiger partial charge in [-0.15, -0.1) is 0 Å². The molecule has 0 aromatic heterocycles. The van der Waals surface area contributed by atoms with Crippen LogP contribution in [0.25, 0.3) is 0 Å². The predicted octanol–water partition coefficient (Wildman–Crippen LogP) is -0.0408. The number of carbonyl (C=O) groups is 3. The average molecular weight is 378 g/mol. The summed E-state index contributed by atoms with van der Waals surface area (Å²) in [5.41, 5.74) is 0. The Morgan fingerprint density at radius 1 is 1.28 bits per heavy atom. The fraction of sp³-hybridized carbons (Fsp3) is 0.800. The first kappa shape index (κ1) is 21.4. The minimum Gasteiger partial charge on any atom is -0.480 e. The highest BCUT2D eigenvalue weighted by Gasteiger charge is 2.45. The first-order valence-corrected chi connectivity index (χ1v) is 9.69. The van der Waals surface area contributed by atoms with Gasteiger partial charge in [-0.1, -0.05) is 12.8 Å². The standard InChI is InChI=1S/C15H26N2O7S/c1-10(14(19)20)17(9-8-16-11(2)18)25(22,23)13-7-5-4-6-12(13)15(21)24-3/h10,12-13H,4-9H2,1-3H3,(H,16,18)(H,19,20). The molecule has 0 aliphatic heterocycles. The third-order valence-corrected chi connectivity index (χ3v) is 6.89. The summed E-state index contributed by atoms with van der Waals surface area (Å²) in [7, 11) is -2.87. The Kier molecular flexibility index (Phi) is 7.81. The summed E-state index contributed by atoms with van der Waals surface area (Å²) < 4.78 is 31.7. The molecule has 1 amide bonds.